The number of nitrogen functional groups attached to an aromatic ring is 2. The maximum atomic E-state index is 6.27. The highest BCUT2D eigenvalue weighted by Gasteiger charge is 2.24. The highest BCUT2D eigenvalue weighted by Crippen LogP contribution is 2.36. The maximum Gasteiger partial charge on any atom is 0.265 e. The third-order valence-corrected chi connectivity index (χ3v) is 10.4. The summed E-state index contributed by atoms with van der Waals surface area (Å²) < 4.78 is 14.1. The molecule has 0 saturated heterocycles. The third kappa shape index (κ3) is 8.17. The first-order valence-electron chi connectivity index (χ1n) is 19.6. The highest BCUT2D eigenvalue weighted by molar-refractivity contribution is 6.30. The molecular weight excluding hydrogens is 859 g/mol. The minimum Gasteiger partial charge on any atom is -0.421 e. The molecule has 64 heavy (non-hydrogen) atoms. The number of hydrogen-bond acceptors (Lipinski definition) is 18. The molecular formula is C42H36Cl2N18O2. The van der Waals surface area contributed by atoms with Crippen molar-refractivity contribution in [3.8, 4) is 45.4 Å². The number of aryl methyl sites for hydroxylation is 2. The molecule has 0 saturated carbocycles. The van der Waals surface area contributed by atoms with Crippen molar-refractivity contribution in [1.82, 2.24) is 69.5 Å². The lowest BCUT2D eigenvalue weighted by molar-refractivity contribution is 0.425. The van der Waals surface area contributed by atoms with Crippen LogP contribution in [0.5, 0.6) is 0 Å². The van der Waals surface area contributed by atoms with Crippen LogP contribution in [0.1, 0.15) is 48.8 Å². The lowest BCUT2D eigenvalue weighted by atomic mass is 10.0. The van der Waals surface area contributed by atoms with Crippen molar-refractivity contribution >= 4 is 57.8 Å². The van der Waals surface area contributed by atoms with Crippen molar-refractivity contribution in [3.05, 3.63) is 131 Å². The van der Waals surface area contributed by atoms with E-state index in [1.807, 2.05) is 86.6 Å². The van der Waals surface area contributed by atoms with Gasteiger partial charge in [0.2, 0.25) is 5.89 Å². The van der Waals surface area contributed by atoms with E-state index in [0.29, 0.717) is 56.1 Å². The van der Waals surface area contributed by atoms with Gasteiger partial charge in [-0.25, -0.2) is 38.9 Å². The molecule has 0 radical (unpaired) electrons. The van der Waals surface area contributed by atoms with Gasteiger partial charge in [-0.3, -0.25) is 0 Å². The monoisotopic (exact) mass is 894 g/mol. The molecule has 0 unspecified atom stereocenters. The van der Waals surface area contributed by atoms with Crippen LogP contribution in [0.3, 0.4) is 0 Å². The van der Waals surface area contributed by atoms with Crippen LogP contribution in [0.15, 0.2) is 107 Å². The fraction of sp³-hybridized carbons (Fsp3) is 0.143. The Balaban J connectivity index is 0.000000162. The first-order valence-corrected chi connectivity index (χ1v) is 20.3. The first-order chi connectivity index (χ1) is 31.0. The minimum atomic E-state index is -0.241. The van der Waals surface area contributed by atoms with Crippen molar-refractivity contribution in [2.45, 2.75) is 39.8 Å². The predicted octanol–water partition coefficient (Wildman–Crippen LogP) is 7.91. The molecule has 0 aliphatic rings. The van der Waals surface area contributed by atoms with E-state index in [0.717, 1.165) is 33.6 Å². The lowest BCUT2D eigenvalue weighted by Gasteiger charge is -2.19. The molecule has 0 aliphatic heterocycles. The van der Waals surface area contributed by atoms with Crippen LogP contribution in [0.2, 0.25) is 10.3 Å². The smallest absolute Gasteiger partial charge is 0.265 e. The van der Waals surface area contributed by atoms with Gasteiger partial charge in [-0.05, 0) is 32.9 Å². The number of nitrogens with two attached hydrogens (primary N) is 2. The van der Waals surface area contributed by atoms with Gasteiger partial charge in [-0.2, -0.15) is 15.2 Å². The number of nitrogens with zero attached hydrogens (tertiary/aromatic N) is 14. The number of hydrogen-bond donors (Lipinski definition) is 4. The van der Waals surface area contributed by atoms with E-state index in [1.165, 1.54) is 12.7 Å². The van der Waals surface area contributed by atoms with E-state index < -0.39 is 0 Å². The van der Waals surface area contributed by atoms with Gasteiger partial charge in [0.15, 0.2) is 27.4 Å². The zero-order valence-corrected chi connectivity index (χ0v) is 35.9. The van der Waals surface area contributed by atoms with Crippen LogP contribution in [0, 0.1) is 13.8 Å². The van der Waals surface area contributed by atoms with Gasteiger partial charge in [0.1, 0.15) is 47.1 Å². The maximum absolute atomic E-state index is 6.27. The van der Waals surface area contributed by atoms with Crippen LogP contribution in [0.25, 0.3) is 56.7 Å². The second kappa shape index (κ2) is 17.3. The van der Waals surface area contributed by atoms with Gasteiger partial charge < -0.3 is 31.0 Å². The van der Waals surface area contributed by atoms with Crippen molar-refractivity contribution < 1.29 is 8.94 Å². The topological polar surface area (TPSA) is 266 Å². The number of benzene rings is 2. The van der Waals surface area contributed by atoms with E-state index in [4.69, 9.17) is 53.8 Å². The first kappa shape index (κ1) is 41.3. The molecule has 6 N–H and O–H groups in total. The Hall–Kier alpha value is -8.10. The normalized spacial score (nSPS) is 12.2. The highest BCUT2D eigenvalue weighted by atomic mass is 35.5. The van der Waals surface area contributed by atoms with E-state index >= 15 is 0 Å². The second-order valence-electron chi connectivity index (χ2n) is 14.3. The molecule has 0 spiro atoms. The van der Waals surface area contributed by atoms with E-state index in [2.05, 4.69) is 60.9 Å². The minimum absolute atomic E-state index is 0.232. The molecule has 0 fully saturated rings. The molecule has 2 atom stereocenters. The largest absolute Gasteiger partial charge is 0.421 e. The van der Waals surface area contributed by atoms with Crippen LogP contribution in [0.4, 0.5) is 23.3 Å². The Labute approximate surface area is 373 Å². The molecule has 8 aromatic heterocycles. The summed E-state index contributed by atoms with van der Waals surface area (Å²) in [6.45, 7) is 7.41. The molecule has 20 nitrogen and oxygen atoms in total. The van der Waals surface area contributed by atoms with Crippen LogP contribution >= 0.6 is 23.2 Å². The number of rotatable bonds is 10. The standard InChI is InChI=1S/2C21H18ClN9O/c1-11(27-20-17(19(23)25-10-26-20)21-29-28-12(2)32-21)14-8-16-24-9-15(22)31(16)30-18(14)13-6-4-3-5-7-13;1-11(27-20-17(19(23)25-10-26-20)21-28-12(2)30-32-21)14-8-16-24-9-15(22)31(16)29-18(14)13-6-4-3-5-7-13/h2*3-11H,1-2H3,(H3,23,25,26,27)/t2*11-/m00/s1. The summed E-state index contributed by atoms with van der Waals surface area (Å²) in [7, 11) is 0. The zero-order valence-electron chi connectivity index (χ0n) is 34.4. The third-order valence-electron chi connectivity index (χ3n) is 9.93. The summed E-state index contributed by atoms with van der Waals surface area (Å²) in [5.41, 5.74) is 19.6. The summed E-state index contributed by atoms with van der Waals surface area (Å²) >= 11 is 12.5. The van der Waals surface area contributed by atoms with Gasteiger partial charge in [0, 0.05) is 29.2 Å². The molecule has 0 aliphatic carbocycles. The Kier molecular flexibility index (Phi) is 11.2. The average Bonchev–Trinajstić information content (AvgIpc) is 4.11. The number of aromatic nitrogens is 14. The van der Waals surface area contributed by atoms with Crippen molar-refractivity contribution in [2.24, 2.45) is 0 Å². The Bertz CT molecular complexity index is 3040. The fourth-order valence-corrected chi connectivity index (χ4v) is 7.25. The van der Waals surface area contributed by atoms with Crippen LogP contribution < -0.4 is 22.1 Å². The van der Waals surface area contributed by atoms with E-state index in [1.54, 1.807) is 35.3 Å². The Morgan fingerprint density at radius 1 is 0.625 bits per heavy atom. The molecule has 2 aromatic carbocycles. The van der Waals surface area contributed by atoms with Gasteiger partial charge in [0.05, 0.1) is 35.9 Å². The SMILES string of the molecule is Cc1nnc(-c2c(N)ncnc2N[C@@H](C)c2cc3ncc(Cl)n3nc2-c2ccccc2)o1.Cc1noc(-c2c(N)ncnc2N[C@@H](C)c2cc3ncc(Cl)n3nc2-c2ccccc2)n1. The molecule has 22 heteroatoms. The summed E-state index contributed by atoms with van der Waals surface area (Å²) in [6.07, 6.45) is 5.90. The molecule has 0 amide bonds. The summed E-state index contributed by atoms with van der Waals surface area (Å²) in [6, 6.07) is 23.1. The summed E-state index contributed by atoms with van der Waals surface area (Å²) in [4.78, 5) is 29.8. The molecule has 10 rings (SSSR count). The zero-order chi connectivity index (χ0) is 44.5. The van der Waals surface area contributed by atoms with Gasteiger partial charge in [-0.1, -0.05) is 89.0 Å². The molecule has 320 valence electrons. The number of imidazole rings is 2. The fourth-order valence-electron chi connectivity index (χ4n) is 6.90. The average molecular weight is 896 g/mol. The molecule has 8 heterocycles. The Morgan fingerprint density at radius 3 is 1.55 bits per heavy atom. The summed E-state index contributed by atoms with van der Waals surface area (Å²) in [5, 5.41) is 28.9. The Morgan fingerprint density at radius 2 is 1.11 bits per heavy atom. The predicted molar refractivity (Wildman–Crippen MR) is 240 cm³/mol. The lowest BCUT2D eigenvalue weighted by Crippen LogP contribution is -2.13. The van der Waals surface area contributed by atoms with Gasteiger partial charge >= 0.3 is 0 Å². The van der Waals surface area contributed by atoms with Gasteiger partial charge in [-0.15, -0.1) is 10.2 Å². The quantitative estimate of drug-likeness (QED) is 0.102. The van der Waals surface area contributed by atoms with E-state index in [9.17, 15) is 0 Å². The number of fused-ring (bicyclic) bond motifs is 2. The summed E-state index contributed by atoms with van der Waals surface area (Å²) in [5.74, 6) is 2.78. The number of halogens is 2. The van der Waals surface area contributed by atoms with E-state index in [-0.39, 0.29) is 35.5 Å². The van der Waals surface area contributed by atoms with Gasteiger partial charge in [0.25, 0.3) is 11.8 Å². The second-order valence-corrected chi connectivity index (χ2v) is 15.1. The van der Waals surface area contributed by atoms with Crippen LogP contribution in [-0.2, 0) is 0 Å². The number of anilines is 4. The van der Waals surface area contributed by atoms with Crippen molar-refractivity contribution in [1.29, 1.82) is 0 Å². The van der Waals surface area contributed by atoms with Crippen LogP contribution in [-0.4, -0.2) is 69.5 Å². The molecule has 10 aromatic rings. The molecule has 0 bridgehead atoms. The van der Waals surface area contributed by atoms with Crippen molar-refractivity contribution in [2.75, 3.05) is 22.1 Å². The number of nitrogens with one attached hydrogen (secondary N) is 2. The van der Waals surface area contributed by atoms with Crippen molar-refractivity contribution in [3.63, 3.8) is 0 Å².